The van der Waals surface area contributed by atoms with Crippen molar-refractivity contribution < 1.29 is 9.53 Å². The van der Waals surface area contributed by atoms with Crippen molar-refractivity contribution in [2.75, 3.05) is 11.5 Å². The third-order valence-corrected chi connectivity index (χ3v) is 2.66. The van der Waals surface area contributed by atoms with E-state index in [1.54, 1.807) is 0 Å². The van der Waals surface area contributed by atoms with Crippen molar-refractivity contribution >= 4 is 11.6 Å². The number of ether oxygens (including phenoxy) is 1. The molecule has 0 aromatic heterocycles. The SMILES string of the molecule is O=C1COc2ccccc2N1C1CC1. The molecule has 1 aliphatic carbocycles. The first-order valence-corrected chi connectivity index (χ1v) is 4.90. The van der Waals surface area contributed by atoms with Gasteiger partial charge in [0.2, 0.25) is 0 Å². The molecule has 14 heavy (non-hydrogen) atoms. The van der Waals surface area contributed by atoms with Gasteiger partial charge in [0.1, 0.15) is 5.75 Å². The summed E-state index contributed by atoms with van der Waals surface area (Å²) in [6.45, 7) is 0.188. The summed E-state index contributed by atoms with van der Waals surface area (Å²) in [5.41, 5.74) is 0.936. The zero-order chi connectivity index (χ0) is 9.54. The smallest absolute Gasteiger partial charge is 0.265 e. The first-order valence-electron chi connectivity index (χ1n) is 4.90. The van der Waals surface area contributed by atoms with Crippen LogP contribution in [-0.4, -0.2) is 18.6 Å². The molecule has 0 spiro atoms. The minimum absolute atomic E-state index is 0.0891. The molecule has 0 saturated heterocycles. The van der Waals surface area contributed by atoms with E-state index in [0.717, 1.165) is 24.3 Å². The van der Waals surface area contributed by atoms with E-state index in [1.165, 1.54) is 0 Å². The van der Waals surface area contributed by atoms with Crippen molar-refractivity contribution in [3.8, 4) is 5.75 Å². The zero-order valence-corrected chi connectivity index (χ0v) is 7.77. The van der Waals surface area contributed by atoms with E-state index in [2.05, 4.69) is 0 Å². The molecule has 1 amide bonds. The molecule has 3 heteroatoms. The highest BCUT2D eigenvalue weighted by molar-refractivity contribution is 5.98. The van der Waals surface area contributed by atoms with E-state index in [4.69, 9.17) is 4.74 Å². The number of carbonyl (C=O) groups is 1. The largest absolute Gasteiger partial charge is 0.482 e. The average molecular weight is 189 g/mol. The van der Waals surface area contributed by atoms with Gasteiger partial charge in [-0.15, -0.1) is 0 Å². The molecule has 0 unspecified atom stereocenters. The van der Waals surface area contributed by atoms with Gasteiger partial charge in [0, 0.05) is 6.04 Å². The molecule has 0 N–H and O–H groups in total. The maximum atomic E-state index is 11.6. The topological polar surface area (TPSA) is 29.5 Å². The molecule has 3 nitrogen and oxygen atoms in total. The molecule has 0 bridgehead atoms. The molecule has 0 radical (unpaired) electrons. The van der Waals surface area contributed by atoms with Crippen LogP contribution < -0.4 is 9.64 Å². The van der Waals surface area contributed by atoms with Gasteiger partial charge >= 0.3 is 0 Å². The Kier molecular flexibility index (Phi) is 1.54. The minimum Gasteiger partial charge on any atom is -0.482 e. The normalized spacial score (nSPS) is 20.3. The highest BCUT2D eigenvalue weighted by Gasteiger charge is 2.37. The first kappa shape index (κ1) is 7.85. The summed E-state index contributed by atoms with van der Waals surface area (Å²) in [5.74, 6) is 0.921. The number of rotatable bonds is 1. The van der Waals surface area contributed by atoms with E-state index in [9.17, 15) is 4.79 Å². The van der Waals surface area contributed by atoms with Gasteiger partial charge in [-0.25, -0.2) is 0 Å². The molecule has 72 valence electrons. The maximum absolute atomic E-state index is 11.6. The fourth-order valence-electron chi connectivity index (χ4n) is 1.85. The molecule has 0 atom stereocenters. The quantitative estimate of drug-likeness (QED) is 0.671. The molecular weight excluding hydrogens is 178 g/mol. The first-order chi connectivity index (χ1) is 6.86. The van der Waals surface area contributed by atoms with Gasteiger partial charge in [-0.1, -0.05) is 12.1 Å². The Morgan fingerprint density at radius 1 is 1.29 bits per heavy atom. The van der Waals surface area contributed by atoms with Crippen LogP contribution in [-0.2, 0) is 4.79 Å². The van der Waals surface area contributed by atoms with Crippen LogP contribution in [0.3, 0.4) is 0 Å². The van der Waals surface area contributed by atoms with E-state index in [0.29, 0.717) is 6.04 Å². The zero-order valence-electron chi connectivity index (χ0n) is 7.77. The van der Waals surface area contributed by atoms with Crippen LogP contribution in [0.2, 0.25) is 0 Å². The number of para-hydroxylation sites is 2. The Balaban J connectivity index is 2.06. The summed E-state index contributed by atoms with van der Waals surface area (Å²) >= 11 is 0. The van der Waals surface area contributed by atoms with E-state index < -0.39 is 0 Å². The van der Waals surface area contributed by atoms with E-state index in [1.807, 2.05) is 29.2 Å². The predicted octanol–water partition coefficient (Wildman–Crippen LogP) is 1.57. The monoisotopic (exact) mass is 189 g/mol. The predicted molar refractivity (Wildman–Crippen MR) is 52.4 cm³/mol. The van der Waals surface area contributed by atoms with E-state index in [-0.39, 0.29) is 12.5 Å². The number of nitrogens with zero attached hydrogens (tertiary/aromatic N) is 1. The lowest BCUT2D eigenvalue weighted by Crippen LogP contribution is -2.40. The van der Waals surface area contributed by atoms with Gasteiger partial charge in [0.05, 0.1) is 5.69 Å². The fraction of sp³-hybridized carbons (Fsp3) is 0.364. The van der Waals surface area contributed by atoms with Crippen LogP contribution in [0.4, 0.5) is 5.69 Å². The fourth-order valence-corrected chi connectivity index (χ4v) is 1.85. The molecule has 2 aliphatic rings. The highest BCUT2D eigenvalue weighted by atomic mass is 16.5. The van der Waals surface area contributed by atoms with Gasteiger partial charge in [0.15, 0.2) is 6.61 Å². The number of carbonyl (C=O) groups excluding carboxylic acids is 1. The van der Waals surface area contributed by atoms with Crippen LogP contribution in [0.25, 0.3) is 0 Å². The van der Waals surface area contributed by atoms with Gasteiger partial charge in [-0.2, -0.15) is 0 Å². The third-order valence-electron chi connectivity index (χ3n) is 2.66. The minimum atomic E-state index is 0.0891. The Morgan fingerprint density at radius 3 is 2.86 bits per heavy atom. The highest BCUT2D eigenvalue weighted by Crippen LogP contribution is 2.39. The van der Waals surface area contributed by atoms with Crippen molar-refractivity contribution in [1.29, 1.82) is 0 Å². The third kappa shape index (κ3) is 1.09. The summed E-state index contributed by atoms with van der Waals surface area (Å²) < 4.78 is 5.35. The van der Waals surface area contributed by atoms with Crippen LogP contribution in [0.5, 0.6) is 5.75 Å². The maximum Gasteiger partial charge on any atom is 0.265 e. The second-order valence-corrected chi connectivity index (χ2v) is 3.75. The van der Waals surface area contributed by atoms with Gasteiger partial charge in [-0.05, 0) is 25.0 Å². The lowest BCUT2D eigenvalue weighted by molar-refractivity contribution is -0.121. The average Bonchev–Trinajstić information content (AvgIpc) is 3.01. The molecule has 1 aromatic rings. The Morgan fingerprint density at radius 2 is 2.07 bits per heavy atom. The lowest BCUT2D eigenvalue weighted by atomic mass is 10.2. The number of fused-ring (bicyclic) bond motifs is 1. The van der Waals surface area contributed by atoms with Crippen LogP contribution >= 0.6 is 0 Å². The van der Waals surface area contributed by atoms with Crippen LogP contribution in [0.15, 0.2) is 24.3 Å². The number of benzene rings is 1. The van der Waals surface area contributed by atoms with Crippen molar-refractivity contribution in [2.24, 2.45) is 0 Å². The van der Waals surface area contributed by atoms with Gasteiger partial charge in [-0.3, -0.25) is 4.79 Å². The summed E-state index contributed by atoms with van der Waals surface area (Å²) in [5, 5.41) is 0. The lowest BCUT2D eigenvalue weighted by Gasteiger charge is -2.29. The number of hydrogen-bond acceptors (Lipinski definition) is 2. The molecule has 1 aliphatic heterocycles. The number of hydrogen-bond donors (Lipinski definition) is 0. The van der Waals surface area contributed by atoms with Crippen molar-refractivity contribution in [3.05, 3.63) is 24.3 Å². The Labute approximate surface area is 82.3 Å². The second kappa shape index (κ2) is 2.74. The number of amides is 1. The van der Waals surface area contributed by atoms with Crippen LogP contribution in [0.1, 0.15) is 12.8 Å². The second-order valence-electron chi connectivity index (χ2n) is 3.75. The number of anilines is 1. The Bertz CT molecular complexity index is 385. The van der Waals surface area contributed by atoms with E-state index >= 15 is 0 Å². The molecular formula is C11H11NO2. The van der Waals surface area contributed by atoms with Gasteiger partial charge in [0.25, 0.3) is 5.91 Å². The standard InChI is InChI=1S/C11H11NO2/c13-11-7-14-10-4-2-1-3-9(10)12(11)8-5-6-8/h1-4,8H,5-7H2. The van der Waals surface area contributed by atoms with Gasteiger partial charge < -0.3 is 9.64 Å². The summed E-state index contributed by atoms with van der Waals surface area (Å²) in [4.78, 5) is 13.5. The molecule has 1 heterocycles. The molecule has 1 fully saturated rings. The molecule has 1 saturated carbocycles. The summed E-state index contributed by atoms with van der Waals surface area (Å²) in [7, 11) is 0. The van der Waals surface area contributed by atoms with Crippen LogP contribution in [0, 0.1) is 0 Å². The summed E-state index contributed by atoms with van der Waals surface area (Å²) in [6, 6.07) is 8.16. The molecule has 3 rings (SSSR count). The van der Waals surface area contributed by atoms with Crippen molar-refractivity contribution in [2.45, 2.75) is 18.9 Å². The molecule has 1 aromatic carbocycles. The van der Waals surface area contributed by atoms with Crippen molar-refractivity contribution in [3.63, 3.8) is 0 Å². The summed E-state index contributed by atoms with van der Waals surface area (Å²) in [6.07, 6.45) is 2.25. The Hall–Kier alpha value is -1.51. The van der Waals surface area contributed by atoms with Crippen molar-refractivity contribution in [1.82, 2.24) is 0 Å².